The Kier molecular flexibility index (Phi) is 5.65. The zero-order valence-corrected chi connectivity index (χ0v) is 15.2. The zero-order valence-electron chi connectivity index (χ0n) is 13.6. The van der Waals surface area contributed by atoms with E-state index in [1.807, 2.05) is 23.6 Å². The summed E-state index contributed by atoms with van der Waals surface area (Å²) in [5.74, 6) is -0.981. The molecule has 0 fully saturated rings. The van der Waals surface area contributed by atoms with Gasteiger partial charge < -0.3 is 5.11 Å². The van der Waals surface area contributed by atoms with Crippen molar-refractivity contribution in [3.8, 4) is 11.3 Å². The highest BCUT2D eigenvalue weighted by molar-refractivity contribution is 7.12. The minimum absolute atomic E-state index is 0.0338. The van der Waals surface area contributed by atoms with Crippen LogP contribution in [0, 0.1) is 0 Å². The Hall–Kier alpha value is -2.70. The van der Waals surface area contributed by atoms with E-state index in [1.54, 1.807) is 35.2 Å². The standard InChI is InChI=1S/C19H15ClN2O3S/c20-15-4-1-3-13(11-15)19-14(12-22(21-19)9-8-18(24)25)6-7-16(23)17-5-2-10-26-17/h1-7,10-12H,8-9H2,(H,24,25)/b7-6+. The van der Waals surface area contributed by atoms with Crippen LogP contribution in [-0.4, -0.2) is 26.6 Å². The van der Waals surface area contributed by atoms with Crippen LogP contribution in [0.15, 0.2) is 54.1 Å². The Bertz CT molecular complexity index is 961. The molecule has 0 spiro atoms. The first-order chi connectivity index (χ1) is 12.5. The number of aryl methyl sites for hydroxylation is 1. The predicted molar refractivity (Wildman–Crippen MR) is 103 cm³/mol. The van der Waals surface area contributed by atoms with Crippen LogP contribution in [0.25, 0.3) is 17.3 Å². The van der Waals surface area contributed by atoms with E-state index in [-0.39, 0.29) is 18.7 Å². The van der Waals surface area contributed by atoms with Gasteiger partial charge in [-0.2, -0.15) is 5.10 Å². The maximum absolute atomic E-state index is 12.2. The lowest BCUT2D eigenvalue weighted by molar-refractivity contribution is -0.137. The highest BCUT2D eigenvalue weighted by atomic mass is 35.5. The average Bonchev–Trinajstić information content (AvgIpc) is 3.28. The molecule has 0 atom stereocenters. The number of ketones is 1. The molecule has 0 unspecified atom stereocenters. The second-order valence-electron chi connectivity index (χ2n) is 5.53. The zero-order chi connectivity index (χ0) is 18.5. The van der Waals surface area contributed by atoms with Gasteiger partial charge in [0, 0.05) is 22.3 Å². The normalized spacial score (nSPS) is 11.1. The maximum atomic E-state index is 12.2. The van der Waals surface area contributed by atoms with Gasteiger partial charge in [-0.15, -0.1) is 11.3 Å². The summed E-state index contributed by atoms with van der Waals surface area (Å²) in [5, 5.41) is 15.8. The van der Waals surface area contributed by atoms with Crippen molar-refractivity contribution in [3.63, 3.8) is 0 Å². The van der Waals surface area contributed by atoms with E-state index in [9.17, 15) is 9.59 Å². The number of halogens is 1. The summed E-state index contributed by atoms with van der Waals surface area (Å²) in [5.41, 5.74) is 2.17. The Morgan fingerprint density at radius 2 is 2.12 bits per heavy atom. The Labute approximate surface area is 159 Å². The summed E-state index contributed by atoms with van der Waals surface area (Å²) < 4.78 is 1.57. The minimum atomic E-state index is -0.894. The highest BCUT2D eigenvalue weighted by Gasteiger charge is 2.11. The Balaban J connectivity index is 1.93. The van der Waals surface area contributed by atoms with Gasteiger partial charge in [-0.3, -0.25) is 14.3 Å². The monoisotopic (exact) mass is 386 g/mol. The van der Waals surface area contributed by atoms with Gasteiger partial charge in [-0.1, -0.05) is 29.8 Å². The fourth-order valence-electron chi connectivity index (χ4n) is 2.41. The molecule has 0 amide bonds. The van der Waals surface area contributed by atoms with Crippen LogP contribution in [0.2, 0.25) is 5.02 Å². The van der Waals surface area contributed by atoms with E-state index in [0.717, 1.165) is 11.1 Å². The molecule has 132 valence electrons. The van der Waals surface area contributed by atoms with E-state index >= 15 is 0 Å². The number of aromatic nitrogens is 2. The van der Waals surface area contributed by atoms with Crippen molar-refractivity contribution in [2.24, 2.45) is 0 Å². The van der Waals surface area contributed by atoms with Crippen molar-refractivity contribution in [2.75, 3.05) is 0 Å². The smallest absolute Gasteiger partial charge is 0.305 e. The van der Waals surface area contributed by atoms with Gasteiger partial charge in [-0.05, 0) is 35.7 Å². The quantitative estimate of drug-likeness (QED) is 0.474. The van der Waals surface area contributed by atoms with Crippen LogP contribution in [0.4, 0.5) is 0 Å². The first-order valence-corrected chi connectivity index (χ1v) is 9.10. The third kappa shape index (κ3) is 4.47. The number of hydrogen-bond donors (Lipinski definition) is 1. The molecule has 0 bridgehead atoms. The lowest BCUT2D eigenvalue weighted by atomic mass is 10.1. The predicted octanol–water partition coefficient (Wildman–Crippen LogP) is 4.64. The molecule has 0 saturated heterocycles. The molecule has 0 saturated carbocycles. The molecule has 2 heterocycles. The number of thiophene rings is 1. The number of benzene rings is 1. The van der Waals surface area contributed by atoms with Crippen LogP contribution in [-0.2, 0) is 11.3 Å². The number of carbonyl (C=O) groups is 2. The third-order valence-corrected chi connectivity index (χ3v) is 4.74. The Morgan fingerprint density at radius 3 is 2.81 bits per heavy atom. The van der Waals surface area contributed by atoms with Gasteiger partial charge in [-0.25, -0.2) is 0 Å². The highest BCUT2D eigenvalue weighted by Crippen LogP contribution is 2.26. The minimum Gasteiger partial charge on any atom is -0.481 e. The first-order valence-electron chi connectivity index (χ1n) is 7.84. The third-order valence-electron chi connectivity index (χ3n) is 3.62. The van der Waals surface area contributed by atoms with Crippen LogP contribution < -0.4 is 0 Å². The number of aliphatic carboxylic acids is 1. The van der Waals surface area contributed by atoms with E-state index in [1.165, 1.54) is 17.4 Å². The number of allylic oxidation sites excluding steroid dienone is 1. The van der Waals surface area contributed by atoms with E-state index < -0.39 is 5.97 Å². The van der Waals surface area contributed by atoms with Gasteiger partial charge in [0.1, 0.15) is 0 Å². The van der Waals surface area contributed by atoms with Crippen LogP contribution >= 0.6 is 22.9 Å². The molecule has 0 aliphatic carbocycles. The molecule has 0 aliphatic heterocycles. The van der Waals surface area contributed by atoms with Crippen LogP contribution in [0.5, 0.6) is 0 Å². The molecule has 7 heteroatoms. The molecule has 3 aromatic rings. The lowest BCUT2D eigenvalue weighted by Crippen LogP contribution is -2.04. The molecule has 1 aromatic carbocycles. The largest absolute Gasteiger partial charge is 0.481 e. The maximum Gasteiger partial charge on any atom is 0.305 e. The van der Waals surface area contributed by atoms with Gasteiger partial charge in [0.25, 0.3) is 0 Å². The van der Waals surface area contributed by atoms with Gasteiger partial charge in [0.2, 0.25) is 0 Å². The molecule has 2 aromatic heterocycles. The summed E-state index contributed by atoms with van der Waals surface area (Å²) in [6.45, 7) is 0.246. The first kappa shape index (κ1) is 18.1. The number of nitrogens with zero attached hydrogens (tertiary/aromatic N) is 2. The van der Waals surface area contributed by atoms with Crippen molar-refractivity contribution in [3.05, 3.63) is 69.5 Å². The van der Waals surface area contributed by atoms with Crippen LogP contribution in [0.3, 0.4) is 0 Å². The average molecular weight is 387 g/mol. The summed E-state index contributed by atoms with van der Waals surface area (Å²) in [7, 11) is 0. The second-order valence-corrected chi connectivity index (χ2v) is 6.91. The van der Waals surface area contributed by atoms with E-state index in [2.05, 4.69) is 5.10 Å². The van der Waals surface area contributed by atoms with Crippen molar-refractivity contribution in [1.29, 1.82) is 0 Å². The molecule has 26 heavy (non-hydrogen) atoms. The summed E-state index contributed by atoms with van der Waals surface area (Å²) in [6.07, 6.45) is 4.90. The lowest BCUT2D eigenvalue weighted by Gasteiger charge is -2.00. The molecule has 3 rings (SSSR count). The summed E-state index contributed by atoms with van der Waals surface area (Å²) >= 11 is 7.45. The van der Waals surface area contributed by atoms with Crippen molar-refractivity contribution >= 4 is 40.8 Å². The summed E-state index contributed by atoms with van der Waals surface area (Å²) in [4.78, 5) is 23.7. The van der Waals surface area contributed by atoms with Crippen LogP contribution in [0.1, 0.15) is 21.7 Å². The Morgan fingerprint density at radius 1 is 1.27 bits per heavy atom. The number of rotatable bonds is 7. The molecule has 5 nitrogen and oxygen atoms in total. The van der Waals surface area contributed by atoms with E-state index in [0.29, 0.717) is 15.6 Å². The number of carboxylic acids is 1. The fourth-order valence-corrected chi connectivity index (χ4v) is 3.25. The SMILES string of the molecule is O=C(O)CCn1cc(/C=C/C(=O)c2cccs2)c(-c2cccc(Cl)c2)n1. The van der Waals surface area contributed by atoms with Crippen molar-refractivity contribution in [1.82, 2.24) is 9.78 Å². The molecule has 0 aliphatic rings. The second kappa shape index (κ2) is 8.12. The molecule has 1 N–H and O–H groups in total. The molecular weight excluding hydrogens is 372 g/mol. The summed E-state index contributed by atoms with van der Waals surface area (Å²) in [6, 6.07) is 10.8. The molecular formula is C19H15ClN2O3S. The van der Waals surface area contributed by atoms with E-state index in [4.69, 9.17) is 16.7 Å². The molecule has 0 radical (unpaired) electrons. The number of carboxylic acid groups (broad SMARTS) is 1. The van der Waals surface area contributed by atoms with Crippen molar-refractivity contribution < 1.29 is 14.7 Å². The van der Waals surface area contributed by atoms with Gasteiger partial charge in [0.15, 0.2) is 5.78 Å². The topological polar surface area (TPSA) is 72.2 Å². The number of carbonyl (C=O) groups excluding carboxylic acids is 1. The van der Waals surface area contributed by atoms with Gasteiger partial charge >= 0.3 is 5.97 Å². The van der Waals surface area contributed by atoms with Gasteiger partial charge in [0.05, 0.1) is 23.5 Å². The fraction of sp³-hybridized carbons (Fsp3) is 0.105. The number of hydrogen-bond acceptors (Lipinski definition) is 4. The van der Waals surface area contributed by atoms with Crippen molar-refractivity contribution in [2.45, 2.75) is 13.0 Å².